The van der Waals surface area contributed by atoms with E-state index in [9.17, 15) is 8.42 Å². The van der Waals surface area contributed by atoms with Crippen molar-refractivity contribution >= 4 is 50.2 Å². The summed E-state index contributed by atoms with van der Waals surface area (Å²) in [5, 5.41) is 4.87. The Hall–Kier alpha value is -3.56. The van der Waals surface area contributed by atoms with Gasteiger partial charge in [-0.3, -0.25) is 0 Å². The second-order valence-electron chi connectivity index (χ2n) is 7.62. The van der Waals surface area contributed by atoms with E-state index in [0.29, 0.717) is 38.8 Å². The average molecular weight is 479 g/mol. The second kappa shape index (κ2) is 8.76. The Morgan fingerprint density at radius 3 is 2.76 bits per heavy atom. The maximum absolute atomic E-state index is 11.3. The molecule has 0 fully saturated rings. The van der Waals surface area contributed by atoms with Crippen molar-refractivity contribution < 1.29 is 8.42 Å². The highest BCUT2D eigenvalue weighted by molar-refractivity contribution is 7.71. The van der Waals surface area contributed by atoms with E-state index < -0.39 is 10.7 Å². The Balaban J connectivity index is 1.65. The number of hydrogen-bond acceptors (Lipinski definition) is 7. The molecule has 3 heterocycles. The summed E-state index contributed by atoms with van der Waals surface area (Å²) in [5.41, 5.74) is 5.10. The van der Waals surface area contributed by atoms with Crippen LogP contribution in [0.4, 0.5) is 5.82 Å². The lowest BCUT2D eigenvalue weighted by molar-refractivity contribution is 0.614. The number of thiol groups is 1. The van der Waals surface area contributed by atoms with Crippen molar-refractivity contribution in [2.45, 2.75) is 18.7 Å². The third-order valence-corrected chi connectivity index (χ3v) is 6.30. The number of nitrogens with zero attached hydrogens (tertiary/aromatic N) is 4. The topological polar surface area (TPSA) is 114 Å². The van der Waals surface area contributed by atoms with Gasteiger partial charge in [-0.25, -0.2) is 28.4 Å². The Labute approximate surface area is 196 Å². The molecule has 5 aromatic rings. The number of halogens is 1. The van der Waals surface area contributed by atoms with E-state index >= 15 is 0 Å². The molecule has 8 nitrogen and oxygen atoms in total. The minimum absolute atomic E-state index is 0.0290. The van der Waals surface area contributed by atoms with Crippen LogP contribution in [0.15, 0.2) is 61.2 Å². The number of pyridine rings is 1. The molecule has 0 saturated carbocycles. The van der Waals surface area contributed by atoms with Gasteiger partial charge in [0.2, 0.25) is 0 Å². The fourth-order valence-corrected chi connectivity index (χ4v) is 4.58. The molecule has 0 radical (unpaired) electrons. The number of rotatable bonds is 6. The molecule has 33 heavy (non-hydrogen) atoms. The van der Waals surface area contributed by atoms with Crippen LogP contribution in [0.3, 0.4) is 0 Å². The maximum Gasteiger partial charge on any atom is 0.162 e. The average Bonchev–Trinajstić information content (AvgIpc) is 3.28. The van der Waals surface area contributed by atoms with Crippen LogP contribution in [0, 0.1) is 0 Å². The summed E-state index contributed by atoms with van der Waals surface area (Å²) < 4.78 is 22.5. The molecule has 166 valence electrons. The highest BCUT2D eigenvalue weighted by Gasteiger charge is 2.18. The van der Waals surface area contributed by atoms with Crippen molar-refractivity contribution in [2.24, 2.45) is 0 Å². The lowest BCUT2D eigenvalue weighted by Crippen LogP contribution is -2.11. The van der Waals surface area contributed by atoms with Gasteiger partial charge in [-0.15, -0.1) is 0 Å². The molecular formula is C23H19ClN6O2S. The highest BCUT2D eigenvalue weighted by atomic mass is 35.5. The molecule has 0 aliphatic carbocycles. The van der Waals surface area contributed by atoms with Crippen molar-refractivity contribution in [1.29, 1.82) is 0 Å². The molecule has 0 spiro atoms. The van der Waals surface area contributed by atoms with Crippen molar-refractivity contribution in [3.8, 4) is 11.3 Å². The largest absolute Gasteiger partial charge is 0.362 e. The lowest BCUT2D eigenvalue weighted by Gasteiger charge is -2.20. The molecule has 10 heteroatoms. The standard InChI is InChI=1S/C23H19ClN6O2S/c1-13(29-23-21-22(26-11-25-21)27-12-28-23)17-9-16-6-3-7-18(24)20(16)30-19(17)15-5-2-4-14(8-15)10-33(31)32/h2-9,11-13,33H,10H2,1H3,(H2,25,26,27,28,29)/t13-/m0/s1. The monoisotopic (exact) mass is 478 g/mol. The number of benzene rings is 2. The number of aromatic nitrogens is 5. The molecule has 0 amide bonds. The predicted molar refractivity (Wildman–Crippen MR) is 130 cm³/mol. The Morgan fingerprint density at radius 1 is 1.06 bits per heavy atom. The fourth-order valence-electron chi connectivity index (χ4n) is 3.86. The summed E-state index contributed by atoms with van der Waals surface area (Å²) in [6.45, 7) is 2.01. The first kappa shape index (κ1) is 21.3. The molecular weight excluding hydrogens is 460 g/mol. The van der Waals surface area contributed by atoms with Gasteiger partial charge in [-0.1, -0.05) is 41.9 Å². The summed E-state index contributed by atoms with van der Waals surface area (Å²) in [6, 6.07) is 14.9. The van der Waals surface area contributed by atoms with Gasteiger partial charge < -0.3 is 10.3 Å². The van der Waals surface area contributed by atoms with Crippen molar-refractivity contribution in [2.75, 3.05) is 5.32 Å². The zero-order chi connectivity index (χ0) is 22.9. The molecule has 0 aliphatic rings. The van der Waals surface area contributed by atoms with Crippen LogP contribution in [0.25, 0.3) is 33.3 Å². The van der Waals surface area contributed by atoms with E-state index in [1.54, 1.807) is 18.5 Å². The number of fused-ring (bicyclic) bond motifs is 2. The van der Waals surface area contributed by atoms with Gasteiger partial charge >= 0.3 is 0 Å². The number of hydrogen-bond donors (Lipinski definition) is 3. The van der Waals surface area contributed by atoms with Gasteiger partial charge in [-0.05, 0) is 30.7 Å². The van der Waals surface area contributed by atoms with Gasteiger partial charge in [0, 0.05) is 16.5 Å². The number of anilines is 1. The van der Waals surface area contributed by atoms with Gasteiger partial charge in [0.05, 0.1) is 34.4 Å². The summed E-state index contributed by atoms with van der Waals surface area (Å²) in [7, 11) is -2.54. The van der Waals surface area contributed by atoms with Gasteiger partial charge in [-0.2, -0.15) is 0 Å². The first-order chi connectivity index (χ1) is 16.0. The second-order valence-corrected chi connectivity index (χ2v) is 9.01. The van der Waals surface area contributed by atoms with E-state index in [-0.39, 0.29) is 11.8 Å². The third kappa shape index (κ3) is 4.24. The molecule has 1 atom stereocenters. The van der Waals surface area contributed by atoms with Crippen molar-refractivity contribution in [3.63, 3.8) is 0 Å². The molecule has 0 unspecified atom stereocenters. The van der Waals surface area contributed by atoms with E-state index in [1.165, 1.54) is 6.33 Å². The van der Waals surface area contributed by atoms with E-state index in [4.69, 9.17) is 16.6 Å². The number of aromatic amines is 1. The lowest BCUT2D eigenvalue weighted by atomic mass is 9.97. The van der Waals surface area contributed by atoms with Gasteiger partial charge in [0.25, 0.3) is 0 Å². The van der Waals surface area contributed by atoms with Crippen molar-refractivity contribution in [1.82, 2.24) is 24.9 Å². The van der Waals surface area contributed by atoms with E-state index in [0.717, 1.165) is 16.5 Å². The van der Waals surface area contributed by atoms with Gasteiger partial charge in [0.15, 0.2) is 11.5 Å². The van der Waals surface area contributed by atoms with Crippen LogP contribution in [-0.4, -0.2) is 33.3 Å². The summed E-state index contributed by atoms with van der Waals surface area (Å²) >= 11 is 6.44. The first-order valence-corrected chi connectivity index (χ1v) is 11.9. The molecule has 5 rings (SSSR count). The highest BCUT2D eigenvalue weighted by Crippen LogP contribution is 2.34. The Morgan fingerprint density at radius 2 is 1.91 bits per heavy atom. The zero-order valence-corrected chi connectivity index (χ0v) is 19.1. The fraction of sp³-hybridized carbons (Fsp3) is 0.130. The molecule has 0 bridgehead atoms. The first-order valence-electron chi connectivity index (χ1n) is 10.2. The maximum atomic E-state index is 11.3. The summed E-state index contributed by atoms with van der Waals surface area (Å²) in [6.07, 6.45) is 3.05. The van der Waals surface area contributed by atoms with Crippen LogP contribution < -0.4 is 5.32 Å². The minimum Gasteiger partial charge on any atom is -0.362 e. The number of nitrogens with one attached hydrogen (secondary N) is 2. The third-order valence-electron chi connectivity index (χ3n) is 5.38. The van der Waals surface area contributed by atoms with E-state index in [1.807, 2.05) is 43.3 Å². The molecule has 2 aromatic carbocycles. The van der Waals surface area contributed by atoms with Crippen LogP contribution >= 0.6 is 11.6 Å². The smallest absolute Gasteiger partial charge is 0.162 e. The van der Waals surface area contributed by atoms with Crippen LogP contribution in [0.1, 0.15) is 24.1 Å². The Bertz CT molecular complexity index is 1560. The van der Waals surface area contributed by atoms with E-state index in [2.05, 4.69) is 25.3 Å². The SMILES string of the molecule is C[C@H](Nc1ncnc2[nH]cnc12)c1cc2cccc(Cl)c2nc1-c1cccc(C[SH](=O)=O)c1. The zero-order valence-electron chi connectivity index (χ0n) is 17.5. The molecule has 2 N–H and O–H groups in total. The van der Waals surface area contributed by atoms with Crippen LogP contribution in [-0.2, 0) is 16.5 Å². The number of H-pyrrole nitrogens is 1. The van der Waals surface area contributed by atoms with Crippen LogP contribution in [0.5, 0.6) is 0 Å². The van der Waals surface area contributed by atoms with Gasteiger partial charge in [0.1, 0.15) is 22.5 Å². The Kier molecular flexibility index (Phi) is 5.65. The molecule has 0 saturated heterocycles. The number of para-hydroxylation sites is 1. The minimum atomic E-state index is -2.54. The molecule has 0 aliphatic heterocycles. The molecule has 3 aromatic heterocycles. The number of imidazole rings is 1. The summed E-state index contributed by atoms with van der Waals surface area (Å²) in [4.78, 5) is 20.7. The quantitative estimate of drug-likeness (QED) is 0.308. The normalized spacial score (nSPS) is 12.5. The predicted octanol–water partition coefficient (Wildman–Crippen LogP) is 4.51. The van der Waals surface area contributed by atoms with Crippen LogP contribution in [0.2, 0.25) is 5.02 Å². The van der Waals surface area contributed by atoms with Crippen molar-refractivity contribution in [3.05, 3.63) is 77.3 Å². The summed E-state index contributed by atoms with van der Waals surface area (Å²) in [5.74, 6) is 0.571.